The van der Waals surface area contributed by atoms with Crippen LogP contribution in [0.2, 0.25) is 0 Å². The molecule has 2 heteroatoms. The Morgan fingerprint density at radius 2 is 0.480 bits per heavy atom. The van der Waals surface area contributed by atoms with Crippen molar-refractivity contribution in [3.63, 3.8) is 0 Å². The molecule has 0 saturated heterocycles. The van der Waals surface area contributed by atoms with Crippen LogP contribution in [-0.4, -0.2) is 0 Å². The molecule has 10 aromatic rings. The van der Waals surface area contributed by atoms with Crippen molar-refractivity contribution in [3.8, 4) is 55.6 Å². The average Bonchev–Trinajstić information content (AvgIpc) is 3.76. The van der Waals surface area contributed by atoms with Crippen molar-refractivity contribution in [2.45, 2.75) is 0 Å². The highest BCUT2D eigenvalue weighted by molar-refractivity contribution is 7.26. The molecule has 8 aromatic carbocycles. The standard InChI is InChI=1S/C48H30S2/c1-3-19-45-41(17-1)43-23-21-39(29-47(43)49-45)37-15-7-13-35(27-37)33-11-5-9-31(25-33)32-10-6-12-34(26-32)36-14-8-16-38(28-36)40-22-24-44-42-18-2-4-20-46(42)50-48(44)30-40/h1-30H. The summed E-state index contributed by atoms with van der Waals surface area (Å²) < 4.78 is 5.34. The van der Waals surface area contributed by atoms with Crippen molar-refractivity contribution in [1.29, 1.82) is 0 Å². The first-order valence-corrected chi connectivity index (χ1v) is 18.6. The van der Waals surface area contributed by atoms with E-state index in [-0.39, 0.29) is 0 Å². The van der Waals surface area contributed by atoms with Gasteiger partial charge in [0.1, 0.15) is 0 Å². The molecule has 0 spiro atoms. The Balaban J connectivity index is 0.958. The SMILES string of the molecule is c1cc(-c2cccc(-c3cccc(-c4ccc5c(c4)sc4ccccc45)c3)c2)cc(-c2cccc(-c3ccc4c(c3)sc3ccccc34)c2)c1. The van der Waals surface area contributed by atoms with Crippen molar-refractivity contribution >= 4 is 63.0 Å². The Morgan fingerprint density at radius 1 is 0.200 bits per heavy atom. The number of thiophene rings is 2. The molecule has 0 saturated carbocycles. The maximum Gasteiger partial charge on any atom is 0.0361 e. The fourth-order valence-corrected chi connectivity index (χ4v) is 9.61. The molecule has 50 heavy (non-hydrogen) atoms. The molecular formula is C48H30S2. The maximum absolute atomic E-state index is 2.35. The van der Waals surface area contributed by atoms with E-state index in [1.54, 1.807) is 0 Å². The van der Waals surface area contributed by atoms with Gasteiger partial charge in [-0.05, 0) is 104 Å². The zero-order chi connectivity index (χ0) is 33.0. The van der Waals surface area contributed by atoms with Gasteiger partial charge in [-0.25, -0.2) is 0 Å². The molecule has 0 aliphatic rings. The molecule has 0 N–H and O–H groups in total. The van der Waals surface area contributed by atoms with Crippen LogP contribution in [0.5, 0.6) is 0 Å². The minimum Gasteiger partial charge on any atom is -0.135 e. The molecule has 2 heterocycles. The van der Waals surface area contributed by atoms with E-state index in [0.29, 0.717) is 0 Å². The highest BCUT2D eigenvalue weighted by Crippen LogP contribution is 2.39. The van der Waals surface area contributed by atoms with Gasteiger partial charge in [0.15, 0.2) is 0 Å². The van der Waals surface area contributed by atoms with Gasteiger partial charge in [0.25, 0.3) is 0 Å². The summed E-state index contributed by atoms with van der Waals surface area (Å²) in [6, 6.07) is 66.9. The van der Waals surface area contributed by atoms with Gasteiger partial charge >= 0.3 is 0 Å². The number of rotatable bonds is 5. The molecule has 2 aromatic heterocycles. The van der Waals surface area contributed by atoms with Crippen molar-refractivity contribution in [2.24, 2.45) is 0 Å². The van der Waals surface area contributed by atoms with Gasteiger partial charge in [-0.15, -0.1) is 22.7 Å². The molecule has 0 bridgehead atoms. The molecule has 0 fully saturated rings. The lowest BCUT2D eigenvalue weighted by atomic mass is 9.94. The predicted octanol–water partition coefficient (Wildman–Crippen LogP) is 14.8. The Labute approximate surface area is 299 Å². The van der Waals surface area contributed by atoms with Crippen LogP contribution in [0, 0.1) is 0 Å². The lowest BCUT2D eigenvalue weighted by molar-refractivity contribution is 1.56. The molecule has 10 rings (SSSR count). The zero-order valence-electron chi connectivity index (χ0n) is 27.1. The lowest BCUT2D eigenvalue weighted by Crippen LogP contribution is -1.85. The summed E-state index contributed by atoms with van der Waals surface area (Å²) in [5.41, 5.74) is 12.3. The Hall–Kier alpha value is -5.80. The molecule has 234 valence electrons. The predicted molar refractivity (Wildman–Crippen MR) is 219 cm³/mol. The highest BCUT2D eigenvalue weighted by Gasteiger charge is 2.11. The van der Waals surface area contributed by atoms with E-state index in [1.165, 1.54) is 96.0 Å². The summed E-state index contributed by atoms with van der Waals surface area (Å²) in [7, 11) is 0. The monoisotopic (exact) mass is 670 g/mol. The summed E-state index contributed by atoms with van der Waals surface area (Å²) in [6.07, 6.45) is 0. The second kappa shape index (κ2) is 12.0. The summed E-state index contributed by atoms with van der Waals surface area (Å²) >= 11 is 3.74. The first kappa shape index (κ1) is 29.1. The van der Waals surface area contributed by atoms with Crippen LogP contribution >= 0.6 is 22.7 Å². The van der Waals surface area contributed by atoms with Crippen molar-refractivity contribution in [2.75, 3.05) is 0 Å². The topological polar surface area (TPSA) is 0 Å². The minimum absolute atomic E-state index is 1.22. The van der Waals surface area contributed by atoms with Gasteiger partial charge in [0.2, 0.25) is 0 Å². The van der Waals surface area contributed by atoms with E-state index < -0.39 is 0 Å². The van der Waals surface area contributed by atoms with Gasteiger partial charge in [0, 0.05) is 40.3 Å². The van der Waals surface area contributed by atoms with Crippen LogP contribution in [0.3, 0.4) is 0 Å². The smallest absolute Gasteiger partial charge is 0.0361 e. The van der Waals surface area contributed by atoms with E-state index >= 15 is 0 Å². The van der Waals surface area contributed by atoms with Crippen LogP contribution in [0.15, 0.2) is 182 Å². The Morgan fingerprint density at radius 3 is 0.820 bits per heavy atom. The third kappa shape index (κ3) is 5.13. The average molecular weight is 671 g/mol. The number of hydrogen-bond acceptors (Lipinski definition) is 2. The highest BCUT2D eigenvalue weighted by atomic mass is 32.1. The van der Waals surface area contributed by atoms with Gasteiger partial charge in [-0.3, -0.25) is 0 Å². The van der Waals surface area contributed by atoms with Crippen LogP contribution in [0.25, 0.3) is 96.0 Å². The Bertz CT molecular complexity index is 2690. The van der Waals surface area contributed by atoms with Crippen LogP contribution < -0.4 is 0 Å². The van der Waals surface area contributed by atoms with Crippen LogP contribution in [0.4, 0.5) is 0 Å². The van der Waals surface area contributed by atoms with Crippen LogP contribution in [-0.2, 0) is 0 Å². The summed E-state index contributed by atoms with van der Waals surface area (Å²) in [5.74, 6) is 0. The van der Waals surface area contributed by atoms with E-state index in [9.17, 15) is 0 Å². The molecule has 0 radical (unpaired) electrons. The minimum atomic E-state index is 1.22. The van der Waals surface area contributed by atoms with E-state index in [2.05, 4.69) is 182 Å². The fourth-order valence-electron chi connectivity index (χ4n) is 7.32. The van der Waals surface area contributed by atoms with Gasteiger partial charge in [0.05, 0.1) is 0 Å². The largest absolute Gasteiger partial charge is 0.135 e. The number of fused-ring (bicyclic) bond motifs is 6. The molecule has 0 atom stereocenters. The first-order chi connectivity index (χ1) is 24.7. The summed E-state index contributed by atoms with van der Waals surface area (Å²) in [6.45, 7) is 0. The van der Waals surface area contributed by atoms with Crippen molar-refractivity contribution < 1.29 is 0 Å². The quantitative estimate of drug-likeness (QED) is 0.171. The molecular weight excluding hydrogens is 641 g/mol. The van der Waals surface area contributed by atoms with Gasteiger partial charge in [-0.2, -0.15) is 0 Å². The summed E-state index contributed by atoms with van der Waals surface area (Å²) in [5, 5.41) is 5.35. The zero-order valence-corrected chi connectivity index (χ0v) is 28.8. The number of benzene rings is 8. The summed E-state index contributed by atoms with van der Waals surface area (Å²) in [4.78, 5) is 0. The Kier molecular flexibility index (Phi) is 6.97. The molecule has 0 unspecified atom stereocenters. The van der Waals surface area contributed by atoms with Gasteiger partial charge < -0.3 is 0 Å². The first-order valence-electron chi connectivity index (χ1n) is 17.0. The van der Waals surface area contributed by atoms with Gasteiger partial charge in [-0.1, -0.05) is 133 Å². The molecule has 0 amide bonds. The second-order valence-corrected chi connectivity index (χ2v) is 15.1. The van der Waals surface area contributed by atoms with Crippen LogP contribution in [0.1, 0.15) is 0 Å². The van der Waals surface area contributed by atoms with Crippen molar-refractivity contribution in [3.05, 3.63) is 182 Å². The fraction of sp³-hybridized carbons (Fsp3) is 0. The molecule has 0 nitrogen and oxygen atoms in total. The number of hydrogen-bond donors (Lipinski definition) is 0. The maximum atomic E-state index is 2.35. The van der Waals surface area contributed by atoms with E-state index in [1.807, 2.05) is 22.7 Å². The van der Waals surface area contributed by atoms with Crippen molar-refractivity contribution in [1.82, 2.24) is 0 Å². The normalized spacial score (nSPS) is 11.6. The van der Waals surface area contributed by atoms with E-state index in [0.717, 1.165) is 0 Å². The lowest BCUT2D eigenvalue weighted by Gasteiger charge is -2.11. The third-order valence-electron chi connectivity index (χ3n) is 9.87. The van der Waals surface area contributed by atoms with E-state index in [4.69, 9.17) is 0 Å². The molecule has 0 aliphatic heterocycles. The molecule has 0 aliphatic carbocycles. The second-order valence-electron chi connectivity index (χ2n) is 12.9. The third-order valence-corrected chi connectivity index (χ3v) is 12.1.